The van der Waals surface area contributed by atoms with Crippen LogP contribution >= 0.6 is 0 Å². The molecule has 0 aliphatic carbocycles. The first-order valence-electron chi connectivity index (χ1n) is 7.34. The lowest BCUT2D eigenvalue weighted by atomic mass is 10.0. The summed E-state index contributed by atoms with van der Waals surface area (Å²) in [5.41, 5.74) is 3.67. The van der Waals surface area contributed by atoms with Gasteiger partial charge in [-0.25, -0.2) is 5.48 Å². The quantitative estimate of drug-likeness (QED) is 0.452. The molecule has 0 aliphatic heterocycles. The summed E-state index contributed by atoms with van der Waals surface area (Å²) in [6.07, 6.45) is 11.6. The fourth-order valence-electron chi connectivity index (χ4n) is 2.24. The molecule has 0 amide bonds. The predicted octanol–water partition coefficient (Wildman–Crippen LogP) is 4.33. The van der Waals surface area contributed by atoms with Crippen molar-refractivity contribution in [3.8, 4) is 0 Å². The van der Waals surface area contributed by atoms with E-state index in [-0.39, 0.29) is 0 Å². The Kier molecular flexibility index (Phi) is 9.49. The van der Waals surface area contributed by atoms with Crippen LogP contribution in [0.1, 0.15) is 56.9 Å². The van der Waals surface area contributed by atoms with Crippen LogP contribution < -0.4 is 5.48 Å². The lowest BCUT2D eigenvalue weighted by molar-refractivity contribution is 0.164. The molecule has 0 spiro atoms. The smallest absolute Gasteiger partial charge is 0.0207 e. The first kappa shape index (κ1) is 15.2. The molecule has 2 heteroatoms. The number of hydrogen-bond acceptors (Lipinski definition) is 2. The molecule has 0 saturated heterocycles. The highest BCUT2D eigenvalue weighted by Gasteiger charge is 1.94. The Balaban J connectivity index is 1.82. The second-order valence-electron chi connectivity index (χ2n) is 4.97. The van der Waals surface area contributed by atoms with Crippen LogP contribution in [-0.4, -0.2) is 11.8 Å². The lowest BCUT2D eigenvalue weighted by Crippen LogP contribution is -2.07. The largest absolute Gasteiger partial charge is 0.317 e. The Morgan fingerprint density at radius 2 is 1.28 bits per heavy atom. The number of hydrogen-bond donors (Lipinski definition) is 2. The summed E-state index contributed by atoms with van der Waals surface area (Å²) >= 11 is 0. The third-order valence-corrected chi connectivity index (χ3v) is 3.35. The zero-order valence-corrected chi connectivity index (χ0v) is 11.4. The molecule has 2 N–H and O–H groups in total. The molecule has 0 radical (unpaired) electrons. The highest BCUT2D eigenvalue weighted by atomic mass is 16.5. The van der Waals surface area contributed by atoms with Crippen LogP contribution in [0.2, 0.25) is 0 Å². The fraction of sp³-hybridized carbons (Fsp3) is 0.625. The molecule has 0 aliphatic rings. The van der Waals surface area contributed by atoms with E-state index in [1.54, 1.807) is 0 Å². The zero-order chi connectivity index (χ0) is 12.9. The van der Waals surface area contributed by atoms with Crippen molar-refractivity contribution in [1.82, 2.24) is 5.48 Å². The third kappa shape index (κ3) is 8.26. The monoisotopic (exact) mass is 249 g/mol. The van der Waals surface area contributed by atoms with Crippen LogP contribution in [0.4, 0.5) is 0 Å². The van der Waals surface area contributed by atoms with Gasteiger partial charge in [-0.05, 0) is 24.8 Å². The molecule has 1 rings (SSSR count). The Morgan fingerprint density at radius 3 is 1.89 bits per heavy atom. The highest BCUT2D eigenvalue weighted by Crippen LogP contribution is 2.11. The van der Waals surface area contributed by atoms with E-state index in [1.165, 1.54) is 56.9 Å². The van der Waals surface area contributed by atoms with Gasteiger partial charge in [-0.3, -0.25) is 0 Å². The van der Waals surface area contributed by atoms with Crippen molar-refractivity contribution in [2.45, 2.75) is 57.8 Å². The molecule has 1 aromatic rings. The topological polar surface area (TPSA) is 32.3 Å². The van der Waals surface area contributed by atoms with Gasteiger partial charge >= 0.3 is 0 Å². The second-order valence-corrected chi connectivity index (χ2v) is 4.97. The second kappa shape index (κ2) is 11.2. The van der Waals surface area contributed by atoms with Gasteiger partial charge in [0.1, 0.15) is 0 Å². The molecule has 0 unspecified atom stereocenters. The Bertz CT molecular complexity index is 274. The van der Waals surface area contributed by atoms with Crippen LogP contribution in [0.3, 0.4) is 0 Å². The molecule has 1 aromatic carbocycles. The van der Waals surface area contributed by atoms with E-state index in [9.17, 15) is 0 Å². The molecule has 18 heavy (non-hydrogen) atoms. The van der Waals surface area contributed by atoms with Crippen molar-refractivity contribution in [1.29, 1.82) is 0 Å². The molecule has 0 heterocycles. The molecular weight excluding hydrogens is 222 g/mol. The van der Waals surface area contributed by atoms with Crippen molar-refractivity contribution in [3.05, 3.63) is 35.9 Å². The standard InChI is InChI=1S/C16H27NO/c18-17-15-11-6-4-2-1-3-5-8-12-16-13-9-7-10-14-16/h7,9-10,13-14,17-18H,1-6,8,11-12,15H2. The van der Waals surface area contributed by atoms with Gasteiger partial charge in [-0.1, -0.05) is 68.9 Å². The molecule has 0 fully saturated rings. The molecule has 2 nitrogen and oxygen atoms in total. The van der Waals surface area contributed by atoms with Crippen molar-refractivity contribution in [2.75, 3.05) is 6.54 Å². The minimum absolute atomic E-state index is 0.733. The number of hydroxylamine groups is 1. The molecule has 0 atom stereocenters. The fourth-order valence-corrected chi connectivity index (χ4v) is 2.24. The number of rotatable bonds is 11. The Hall–Kier alpha value is -0.860. The van der Waals surface area contributed by atoms with Gasteiger partial charge in [0, 0.05) is 6.54 Å². The normalized spacial score (nSPS) is 10.7. The molecule has 102 valence electrons. The Morgan fingerprint density at radius 1 is 0.722 bits per heavy atom. The van der Waals surface area contributed by atoms with E-state index in [4.69, 9.17) is 5.21 Å². The van der Waals surface area contributed by atoms with Gasteiger partial charge in [0.2, 0.25) is 0 Å². The lowest BCUT2D eigenvalue weighted by Gasteiger charge is -2.03. The van der Waals surface area contributed by atoms with Gasteiger partial charge in [-0.15, -0.1) is 0 Å². The average molecular weight is 249 g/mol. The van der Waals surface area contributed by atoms with E-state index in [0.29, 0.717) is 0 Å². The van der Waals surface area contributed by atoms with Gasteiger partial charge in [0.05, 0.1) is 0 Å². The Labute approximate surface area is 111 Å². The molecule has 0 bridgehead atoms. The number of unbranched alkanes of at least 4 members (excludes halogenated alkanes) is 7. The van der Waals surface area contributed by atoms with Crippen molar-refractivity contribution in [2.24, 2.45) is 0 Å². The summed E-state index contributed by atoms with van der Waals surface area (Å²) in [6.45, 7) is 0.733. The van der Waals surface area contributed by atoms with Crippen LogP contribution in [0, 0.1) is 0 Å². The van der Waals surface area contributed by atoms with Gasteiger partial charge in [0.15, 0.2) is 0 Å². The maximum atomic E-state index is 8.41. The predicted molar refractivity (Wildman–Crippen MR) is 76.9 cm³/mol. The third-order valence-electron chi connectivity index (χ3n) is 3.35. The van der Waals surface area contributed by atoms with Crippen LogP contribution in [-0.2, 0) is 6.42 Å². The SMILES string of the molecule is ONCCCCCCCCCCc1ccccc1. The molecule has 0 saturated carbocycles. The van der Waals surface area contributed by atoms with Crippen LogP contribution in [0.5, 0.6) is 0 Å². The van der Waals surface area contributed by atoms with Crippen LogP contribution in [0.25, 0.3) is 0 Å². The van der Waals surface area contributed by atoms with E-state index in [1.807, 2.05) is 0 Å². The number of benzene rings is 1. The van der Waals surface area contributed by atoms with E-state index >= 15 is 0 Å². The summed E-state index contributed by atoms with van der Waals surface area (Å²) in [5.74, 6) is 0. The van der Waals surface area contributed by atoms with E-state index in [0.717, 1.165) is 13.0 Å². The first-order chi connectivity index (χ1) is 8.93. The average Bonchev–Trinajstić information content (AvgIpc) is 2.42. The highest BCUT2D eigenvalue weighted by molar-refractivity contribution is 5.14. The number of nitrogens with one attached hydrogen (secondary N) is 1. The van der Waals surface area contributed by atoms with Gasteiger partial charge < -0.3 is 5.21 Å². The number of aryl methyl sites for hydroxylation is 1. The summed E-state index contributed by atoms with van der Waals surface area (Å²) < 4.78 is 0. The van der Waals surface area contributed by atoms with E-state index < -0.39 is 0 Å². The minimum Gasteiger partial charge on any atom is -0.317 e. The maximum Gasteiger partial charge on any atom is 0.0207 e. The van der Waals surface area contributed by atoms with E-state index in [2.05, 4.69) is 35.8 Å². The minimum atomic E-state index is 0.733. The van der Waals surface area contributed by atoms with Gasteiger partial charge in [-0.2, -0.15) is 0 Å². The maximum absolute atomic E-state index is 8.41. The summed E-state index contributed by atoms with van der Waals surface area (Å²) in [5, 5.41) is 8.41. The van der Waals surface area contributed by atoms with Crippen molar-refractivity contribution in [3.63, 3.8) is 0 Å². The summed E-state index contributed by atoms with van der Waals surface area (Å²) in [4.78, 5) is 0. The van der Waals surface area contributed by atoms with Crippen molar-refractivity contribution >= 4 is 0 Å². The summed E-state index contributed by atoms with van der Waals surface area (Å²) in [7, 11) is 0. The molecule has 0 aromatic heterocycles. The summed E-state index contributed by atoms with van der Waals surface area (Å²) in [6, 6.07) is 10.8. The van der Waals surface area contributed by atoms with Crippen LogP contribution in [0.15, 0.2) is 30.3 Å². The molecular formula is C16H27NO. The first-order valence-corrected chi connectivity index (χ1v) is 7.34. The van der Waals surface area contributed by atoms with Crippen molar-refractivity contribution < 1.29 is 5.21 Å². The van der Waals surface area contributed by atoms with Gasteiger partial charge in [0.25, 0.3) is 0 Å². The zero-order valence-electron chi connectivity index (χ0n) is 11.4.